The van der Waals surface area contributed by atoms with E-state index in [4.69, 9.17) is 0 Å². The highest BCUT2D eigenvalue weighted by molar-refractivity contribution is 5.93. The maximum absolute atomic E-state index is 4.00. The summed E-state index contributed by atoms with van der Waals surface area (Å²) < 4.78 is 0. The normalized spacial score (nSPS) is 13.7. The molecule has 0 spiro atoms. The van der Waals surface area contributed by atoms with E-state index >= 15 is 0 Å². The number of hydrogen-bond donors (Lipinski definition) is 3. The van der Waals surface area contributed by atoms with E-state index in [1.807, 2.05) is 24.6 Å². The number of benzene rings is 2. The van der Waals surface area contributed by atoms with E-state index in [0.29, 0.717) is 0 Å². The monoisotopic (exact) mass is 237 g/mol. The van der Waals surface area contributed by atoms with Gasteiger partial charge in [0.05, 0.1) is 6.42 Å². The molecule has 0 aromatic heterocycles. The molecule has 4 nitrogen and oxygen atoms in total. The van der Waals surface area contributed by atoms with Crippen molar-refractivity contribution in [1.82, 2.24) is 16.5 Å². The predicted molar refractivity (Wildman–Crippen MR) is 72.1 cm³/mol. The maximum atomic E-state index is 4.00. The summed E-state index contributed by atoms with van der Waals surface area (Å²) in [6.07, 6.45) is 1.96. The van der Waals surface area contributed by atoms with Crippen molar-refractivity contribution in [3.05, 3.63) is 66.6 Å². The molecule has 18 heavy (non-hydrogen) atoms. The molecule has 3 N–H and O–H groups in total. The van der Waals surface area contributed by atoms with Gasteiger partial charge in [-0.15, -0.1) is 10.6 Å². The number of hydrogen-bond acceptors (Lipinski definition) is 4. The lowest BCUT2D eigenvalue weighted by atomic mass is 10.0. The van der Waals surface area contributed by atoms with Crippen LogP contribution in [-0.4, -0.2) is 5.84 Å². The average molecular weight is 237 g/mol. The van der Waals surface area contributed by atoms with Crippen LogP contribution < -0.4 is 16.5 Å². The molecule has 3 rings (SSSR count). The Balaban J connectivity index is 1.77. The van der Waals surface area contributed by atoms with E-state index in [9.17, 15) is 0 Å². The highest BCUT2D eigenvalue weighted by Crippen LogP contribution is 2.19. The molecule has 1 heterocycles. The molecule has 89 valence electrons. The Morgan fingerprint density at radius 1 is 0.833 bits per heavy atom. The van der Waals surface area contributed by atoms with Crippen LogP contribution in [-0.2, 0) is 0 Å². The van der Waals surface area contributed by atoms with E-state index < -0.39 is 0 Å². The first kappa shape index (κ1) is 10.8. The summed E-state index contributed by atoms with van der Waals surface area (Å²) >= 11 is 0. The van der Waals surface area contributed by atoms with Crippen LogP contribution in [0.25, 0.3) is 11.1 Å². The average Bonchev–Trinajstić information content (AvgIpc) is 2.94. The van der Waals surface area contributed by atoms with Gasteiger partial charge in [-0.1, -0.05) is 54.6 Å². The Morgan fingerprint density at radius 3 is 2.22 bits per heavy atom. The molecule has 2 aromatic carbocycles. The number of amidine groups is 1. The van der Waals surface area contributed by atoms with Crippen LogP contribution in [0.1, 0.15) is 5.56 Å². The van der Waals surface area contributed by atoms with Crippen molar-refractivity contribution in [2.45, 2.75) is 0 Å². The number of hydrazine groups is 2. The Kier molecular flexibility index (Phi) is 2.94. The van der Waals surface area contributed by atoms with Gasteiger partial charge in [0.15, 0.2) is 0 Å². The van der Waals surface area contributed by atoms with Crippen molar-refractivity contribution in [1.29, 1.82) is 0 Å². The highest BCUT2D eigenvalue weighted by Gasteiger charge is 2.06. The van der Waals surface area contributed by atoms with Crippen molar-refractivity contribution >= 4 is 5.84 Å². The van der Waals surface area contributed by atoms with Gasteiger partial charge >= 0.3 is 0 Å². The molecule has 4 heteroatoms. The topological polar surface area (TPSA) is 48.5 Å². The van der Waals surface area contributed by atoms with Crippen LogP contribution in [0.15, 0.2) is 59.7 Å². The fourth-order valence-corrected chi connectivity index (χ4v) is 1.84. The van der Waals surface area contributed by atoms with Gasteiger partial charge in [0, 0.05) is 0 Å². The molecule has 0 unspecified atom stereocenters. The van der Waals surface area contributed by atoms with Gasteiger partial charge in [-0.05, 0) is 16.7 Å². The smallest absolute Gasteiger partial charge is 0.148 e. The molecule has 0 atom stereocenters. The predicted octanol–water partition coefficient (Wildman–Crippen LogP) is 1.83. The Morgan fingerprint density at radius 2 is 1.56 bits per heavy atom. The summed E-state index contributed by atoms with van der Waals surface area (Å²) in [4.78, 5) is 0. The summed E-state index contributed by atoms with van der Waals surface area (Å²) in [6.45, 7) is 0. The Labute approximate surface area is 106 Å². The van der Waals surface area contributed by atoms with E-state index in [1.54, 1.807) is 0 Å². The third kappa shape index (κ3) is 2.33. The third-order valence-electron chi connectivity index (χ3n) is 2.74. The molecule has 0 bridgehead atoms. The molecular formula is C14H13N4. The Bertz CT molecular complexity index is 546. The fourth-order valence-electron chi connectivity index (χ4n) is 1.84. The summed E-state index contributed by atoms with van der Waals surface area (Å²) in [7, 11) is 0. The first-order chi connectivity index (χ1) is 8.92. The van der Waals surface area contributed by atoms with Crippen LogP contribution in [0.4, 0.5) is 0 Å². The van der Waals surface area contributed by atoms with Gasteiger partial charge < -0.3 is 0 Å². The third-order valence-corrected chi connectivity index (χ3v) is 2.74. The first-order valence-electron chi connectivity index (χ1n) is 5.76. The van der Waals surface area contributed by atoms with Crippen LogP contribution in [0, 0.1) is 6.42 Å². The van der Waals surface area contributed by atoms with Crippen molar-refractivity contribution in [3.63, 3.8) is 0 Å². The van der Waals surface area contributed by atoms with Crippen molar-refractivity contribution < 1.29 is 0 Å². The molecule has 1 aliphatic heterocycles. The van der Waals surface area contributed by atoms with Crippen LogP contribution >= 0.6 is 0 Å². The molecule has 0 amide bonds. The van der Waals surface area contributed by atoms with Gasteiger partial charge in [-0.2, -0.15) is 0 Å². The molecule has 2 aromatic rings. The number of rotatable bonds is 3. The second-order valence-corrected chi connectivity index (χ2v) is 3.99. The largest absolute Gasteiger partial charge is 0.288 e. The highest BCUT2D eigenvalue weighted by atomic mass is 15.8. The van der Waals surface area contributed by atoms with E-state index in [0.717, 1.165) is 11.4 Å². The van der Waals surface area contributed by atoms with Gasteiger partial charge in [-0.3, -0.25) is 5.43 Å². The number of hydrazone groups is 1. The number of nitrogens with zero attached hydrogens (tertiary/aromatic N) is 1. The van der Waals surface area contributed by atoms with Gasteiger partial charge in [-0.25, -0.2) is 5.53 Å². The quantitative estimate of drug-likeness (QED) is 0.763. The van der Waals surface area contributed by atoms with E-state index in [-0.39, 0.29) is 0 Å². The maximum Gasteiger partial charge on any atom is 0.148 e. The molecule has 0 saturated heterocycles. The van der Waals surface area contributed by atoms with Crippen LogP contribution in [0.3, 0.4) is 0 Å². The molecular weight excluding hydrogens is 224 g/mol. The fraction of sp³-hybridized carbons (Fsp3) is 0. The van der Waals surface area contributed by atoms with E-state index in [1.165, 1.54) is 11.1 Å². The minimum Gasteiger partial charge on any atom is -0.288 e. The lowest BCUT2D eigenvalue weighted by Crippen LogP contribution is -2.35. The van der Waals surface area contributed by atoms with E-state index in [2.05, 4.69) is 58.0 Å². The first-order valence-corrected chi connectivity index (χ1v) is 5.76. The molecule has 1 aliphatic rings. The molecule has 0 aliphatic carbocycles. The summed E-state index contributed by atoms with van der Waals surface area (Å²) in [5.74, 6) is 0.766. The zero-order valence-electron chi connectivity index (χ0n) is 9.72. The zero-order chi connectivity index (χ0) is 12.2. The summed E-state index contributed by atoms with van der Waals surface area (Å²) in [5.41, 5.74) is 11.7. The van der Waals surface area contributed by atoms with Gasteiger partial charge in [0.1, 0.15) is 5.84 Å². The minimum atomic E-state index is 0.766. The summed E-state index contributed by atoms with van der Waals surface area (Å²) in [5, 5.41) is 4.00. The Hall–Kier alpha value is -2.33. The summed E-state index contributed by atoms with van der Waals surface area (Å²) in [6, 6.07) is 18.7. The zero-order valence-corrected chi connectivity index (χ0v) is 9.72. The van der Waals surface area contributed by atoms with Crippen molar-refractivity contribution in [2.75, 3.05) is 0 Å². The van der Waals surface area contributed by atoms with Crippen molar-refractivity contribution in [2.24, 2.45) is 5.10 Å². The molecule has 1 radical (unpaired) electrons. The van der Waals surface area contributed by atoms with Crippen LogP contribution in [0.2, 0.25) is 0 Å². The van der Waals surface area contributed by atoms with Crippen molar-refractivity contribution in [3.8, 4) is 11.1 Å². The SMILES string of the molecule is [CH](C1=NNNN1)c1ccc(-c2ccccc2)cc1. The lowest BCUT2D eigenvalue weighted by molar-refractivity contribution is 0.577. The van der Waals surface area contributed by atoms with Crippen LogP contribution in [0.5, 0.6) is 0 Å². The number of nitrogens with one attached hydrogen (secondary N) is 3. The lowest BCUT2D eigenvalue weighted by Gasteiger charge is -2.04. The standard InChI is InChI=1S/C14H13N4/c1-2-4-12(5-3-1)13-8-6-11(7-9-13)10-14-15-17-18-16-14/h1-10,17-18H,(H,15,16). The van der Waals surface area contributed by atoms with Gasteiger partial charge in [0.2, 0.25) is 0 Å². The van der Waals surface area contributed by atoms with Gasteiger partial charge in [0.25, 0.3) is 0 Å². The second-order valence-electron chi connectivity index (χ2n) is 3.99. The minimum absolute atomic E-state index is 0.766. The molecule has 0 fully saturated rings. The second kappa shape index (κ2) is 4.89. The molecule has 0 saturated carbocycles.